The van der Waals surface area contributed by atoms with Gasteiger partial charge in [0.1, 0.15) is 6.10 Å². The van der Waals surface area contributed by atoms with Crippen molar-refractivity contribution >= 4 is 5.97 Å². The molecule has 4 heteroatoms. The second kappa shape index (κ2) is 8.00. The first-order chi connectivity index (χ1) is 13.5. The molecule has 0 amide bonds. The number of rotatable bonds is 6. The zero-order chi connectivity index (χ0) is 19.7. The summed E-state index contributed by atoms with van der Waals surface area (Å²) in [4.78, 5) is 15.0. The van der Waals surface area contributed by atoms with Crippen molar-refractivity contribution in [2.24, 2.45) is 23.2 Å². The number of nitrogens with zero attached hydrogens (tertiary/aromatic N) is 1. The van der Waals surface area contributed by atoms with Crippen LogP contribution in [-0.2, 0) is 16.1 Å². The average Bonchev–Trinajstić information content (AvgIpc) is 2.95. The second-order valence-corrected chi connectivity index (χ2v) is 9.35. The Kier molecular flexibility index (Phi) is 5.62. The zero-order valence-electron chi connectivity index (χ0n) is 17.0. The van der Waals surface area contributed by atoms with Gasteiger partial charge in [-0.05, 0) is 49.0 Å². The molecule has 0 aromatic heterocycles. The molecule has 0 bridgehead atoms. The van der Waals surface area contributed by atoms with Gasteiger partial charge in [0.25, 0.3) is 0 Å². The summed E-state index contributed by atoms with van der Waals surface area (Å²) < 4.78 is 5.90. The van der Waals surface area contributed by atoms with Crippen molar-refractivity contribution in [3.05, 3.63) is 48.0 Å². The lowest BCUT2D eigenvalue weighted by Crippen LogP contribution is -2.45. The number of esters is 1. The highest BCUT2D eigenvalue weighted by atomic mass is 16.6. The number of hydrogen-bond donors (Lipinski definition) is 1. The summed E-state index contributed by atoms with van der Waals surface area (Å²) in [5.74, 6) is 0.649. The minimum absolute atomic E-state index is 0.0427. The molecular weight excluding hydrogens is 350 g/mol. The molecule has 1 saturated heterocycles. The number of carbonyl (C=O) groups is 1. The van der Waals surface area contributed by atoms with E-state index in [4.69, 9.17) is 4.74 Å². The zero-order valence-corrected chi connectivity index (χ0v) is 17.0. The molecule has 3 fully saturated rings. The molecule has 0 spiro atoms. The van der Waals surface area contributed by atoms with Gasteiger partial charge in [0.05, 0.1) is 12.5 Å². The number of aliphatic hydroxyl groups is 1. The number of fused-ring (bicyclic) bond motifs is 2. The highest BCUT2D eigenvalue weighted by Crippen LogP contribution is 2.56. The van der Waals surface area contributed by atoms with Crippen LogP contribution in [0.5, 0.6) is 0 Å². The van der Waals surface area contributed by atoms with Gasteiger partial charge in [-0.25, -0.2) is 0 Å². The minimum Gasteiger partial charge on any atom is -0.462 e. The maximum atomic E-state index is 12.8. The van der Waals surface area contributed by atoms with Crippen LogP contribution in [0.1, 0.15) is 44.6 Å². The fourth-order valence-electron chi connectivity index (χ4n) is 5.96. The largest absolute Gasteiger partial charge is 0.462 e. The molecule has 3 aliphatic rings. The first-order valence-corrected chi connectivity index (χ1v) is 10.8. The van der Waals surface area contributed by atoms with Crippen LogP contribution in [0.15, 0.2) is 42.5 Å². The third kappa shape index (κ3) is 3.77. The molecule has 1 aromatic carbocycles. The van der Waals surface area contributed by atoms with Gasteiger partial charge in [-0.1, -0.05) is 49.4 Å². The molecule has 5 atom stereocenters. The van der Waals surface area contributed by atoms with Gasteiger partial charge in [-0.3, -0.25) is 9.69 Å². The van der Waals surface area contributed by atoms with E-state index in [2.05, 4.69) is 30.5 Å². The van der Waals surface area contributed by atoms with E-state index in [1.165, 1.54) is 24.0 Å². The Morgan fingerprint density at radius 1 is 1.32 bits per heavy atom. The lowest BCUT2D eigenvalue weighted by Gasteiger charge is -2.50. The van der Waals surface area contributed by atoms with Gasteiger partial charge in [0, 0.05) is 25.6 Å². The Balaban J connectivity index is 1.49. The number of allylic oxidation sites excluding steroid dienone is 1. The van der Waals surface area contributed by atoms with Gasteiger partial charge in [-0.2, -0.15) is 0 Å². The number of ether oxygens (including phenoxy) is 1. The first-order valence-electron chi connectivity index (χ1n) is 10.8. The Morgan fingerprint density at radius 2 is 2.11 bits per heavy atom. The van der Waals surface area contributed by atoms with Crippen molar-refractivity contribution in [1.29, 1.82) is 0 Å². The lowest BCUT2D eigenvalue weighted by molar-refractivity contribution is -0.146. The third-order valence-corrected chi connectivity index (χ3v) is 7.44. The van der Waals surface area contributed by atoms with Crippen molar-refractivity contribution in [2.45, 2.75) is 51.7 Å². The van der Waals surface area contributed by atoms with Gasteiger partial charge in [0.15, 0.2) is 0 Å². The van der Waals surface area contributed by atoms with E-state index in [1.807, 2.05) is 18.2 Å². The van der Waals surface area contributed by atoms with Crippen molar-refractivity contribution in [3.8, 4) is 0 Å². The van der Waals surface area contributed by atoms with Crippen molar-refractivity contribution in [3.63, 3.8) is 0 Å². The van der Waals surface area contributed by atoms with Crippen LogP contribution in [0.2, 0.25) is 0 Å². The standard InChI is InChI=1S/C24H33NO3/c1-17-7-6-10-24(2)14-22-19(13-21(17)24)20(23(27)28-22)16-25(11-12-26)15-18-8-4-3-5-9-18/h3-5,8-9,19-22,26H,1,6-7,10-16H2,2H3/t19-,20+,21-,22+,24+/m0/s1. The van der Waals surface area contributed by atoms with Crippen LogP contribution in [0.4, 0.5) is 0 Å². The Bertz CT molecular complexity index is 718. The van der Waals surface area contributed by atoms with Crippen molar-refractivity contribution in [1.82, 2.24) is 4.90 Å². The first kappa shape index (κ1) is 19.7. The summed E-state index contributed by atoms with van der Waals surface area (Å²) in [7, 11) is 0. The predicted molar refractivity (Wildman–Crippen MR) is 109 cm³/mol. The Labute approximate surface area is 168 Å². The summed E-state index contributed by atoms with van der Waals surface area (Å²) >= 11 is 0. The van der Waals surface area contributed by atoms with Gasteiger partial charge in [-0.15, -0.1) is 0 Å². The Morgan fingerprint density at radius 3 is 2.86 bits per heavy atom. The molecule has 28 heavy (non-hydrogen) atoms. The molecule has 0 unspecified atom stereocenters. The normalized spacial score (nSPS) is 34.8. The molecule has 4 rings (SSSR count). The van der Waals surface area contributed by atoms with Gasteiger partial charge < -0.3 is 9.84 Å². The molecule has 1 N–H and O–H groups in total. The van der Waals surface area contributed by atoms with Crippen molar-refractivity contribution < 1.29 is 14.6 Å². The molecule has 1 aromatic rings. The van der Waals surface area contributed by atoms with Crippen LogP contribution < -0.4 is 0 Å². The van der Waals surface area contributed by atoms with E-state index in [0.717, 1.165) is 25.8 Å². The molecule has 4 nitrogen and oxygen atoms in total. The summed E-state index contributed by atoms with van der Waals surface area (Å²) in [5, 5.41) is 9.54. The van der Waals surface area contributed by atoms with Crippen LogP contribution in [0, 0.1) is 23.2 Å². The molecule has 2 saturated carbocycles. The van der Waals surface area contributed by atoms with E-state index in [9.17, 15) is 9.90 Å². The SMILES string of the molecule is C=C1CCC[C@]2(C)C[C@H]3OC(=O)[C@H](CN(CCO)Cc4ccccc4)[C@@H]3C[C@@H]12. The summed E-state index contributed by atoms with van der Waals surface area (Å²) in [5.41, 5.74) is 2.82. The number of benzene rings is 1. The summed E-state index contributed by atoms with van der Waals surface area (Å²) in [6, 6.07) is 10.3. The number of carbonyl (C=O) groups excluding carboxylic acids is 1. The summed E-state index contributed by atoms with van der Waals surface area (Å²) in [6.45, 7) is 8.82. The molecular formula is C24H33NO3. The van der Waals surface area contributed by atoms with Gasteiger partial charge >= 0.3 is 5.97 Å². The van der Waals surface area contributed by atoms with E-state index in [1.54, 1.807) is 0 Å². The molecule has 1 aliphatic heterocycles. The molecule has 152 valence electrons. The summed E-state index contributed by atoms with van der Waals surface area (Å²) in [6.07, 6.45) is 5.60. The predicted octanol–water partition coefficient (Wildman–Crippen LogP) is 3.80. The monoisotopic (exact) mass is 383 g/mol. The van der Waals surface area contributed by atoms with E-state index < -0.39 is 0 Å². The minimum atomic E-state index is -0.0976. The van der Waals surface area contributed by atoms with Crippen molar-refractivity contribution in [2.75, 3.05) is 19.7 Å². The quantitative estimate of drug-likeness (QED) is 0.600. The fraction of sp³-hybridized carbons (Fsp3) is 0.625. The van der Waals surface area contributed by atoms with Crippen LogP contribution >= 0.6 is 0 Å². The molecule has 2 aliphatic carbocycles. The lowest BCUT2D eigenvalue weighted by atomic mass is 9.55. The highest BCUT2D eigenvalue weighted by molar-refractivity contribution is 5.75. The third-order valence-electron chi connectivity index (χ3n) is 7.44. The number of aliphatic hydroxyl groups excluding tert-OH is 1. The fourth-order valence-corrected chi connectivity index (χ4v) is 5.96. The maximum absolute atomic E-state index is 12.8. The second-order valence-electron chi connectivity index (χ2n) is 9.35. The topological polar surface area (TPSA) is 49.8 Å². The van der Waals surface area contributed by atoms with E-state index in [-0.39, 0.29) is 35.9 Å². The van der Waals surface area contributed by atoms with Crippen LogP contribution in [-0.4, -0.2) is 41.8 Å². The van der Waals surface area contributed by atoms with E-state index >= 15 is 0 Å². The van der Waals surface area contributed by atoms with Crippen LogP contribution in [0.25, 0.3) is 0 Å². The van der Waals surface area contributed by atoms with Crippen LogP contribution in [0.3, 0.4) is 0 Å². The average molecular weight is 384 g/mol. The van der Waals surface area contributed by atoms with E-state index in [0.29, 0.717) is 19.0 Å². The Hall–Kier alpha value is -1.65. The highest BCUT2D eigenvalue weighted by Gasteiger charge is 2.55. The smallest absolute Gasteiger partial charge is 0.310 e. The maximum Gasteiger partial charge on any atom is 0.310 e. The molecule has 1 heterocycles. The number of hydrogen-bond acceptors (Lipinski definition) is 4. The molecule has 0 radical (unpaired) electrons. The van der Waals surface area contributed by atoms with Gasteiger partial charge in [0.2, 0.25) is 0 Å².